The molecule has 5 heteroatoms. The Bertz CT molecular complexity index is 1050. The van der Waals surface area contributed by atoms with Crippen LogP contribution in [0, 0.1) is 0 Å². The Hall–Kier alpha value is -3.08. The molecule has 2 aromatic carbocycles. The summed E-state index contributed by atoms with van der Waals surface area (Å²) in [5, 5.41) is 3.53. The van der Waals surface area contributed by atoms with Crippen LogP contribution >= 0.6 is 0 Å². The molecule has 2 unspecified atom stereocenters. The summed E-state index contributed by atoms with van der Waals surface area (Å²) >= 11 is 0. The average molecular weight is 393 g/mol. The van der Waals surface area contributed by atoms with Gasteiger partial charge in [-0.3, -0.25) is 4.79 Å². The van der Waals surface area contributed by atoms with Gasteiger partial charge in [-0.1, -0.05) is 50.2 Å². The Balaban J connectivity index is 1.82. The second-order valence-corrected chi connectivity index (χ2v) is 7.23. The number of hydrogen-bond donors (Lipinski definition) is 1. The van der Waals surface area contributed by atoms with Crippen LogP contribution in [0.1, 0.15) is 67.6 Å². The van der Waals surface area contributed by atoms with Crippen LogP contribution < -0.4 is 15.7 Å². The molecule has 0 aliphatic heterocycles. The molecule has 5 nitrogen and oxygen atoms in total. The van der Waals surface area contributed by atoms with Gasteiger partial charge in [0.25, 0.3) is 5.91 Å². The van der Waals surface area contributed by atoms with E-state index in [1.54, 1.807) is 24.3 Å². The number of carbonyl (C=O) groups excluding carboxylic acids is 1. The van der Waals surface area contributed by atoms with Crippen molar-refractivity contribution in [3.63, 3.8) is 0 Å². The molecule has 1 N–H and O–H groups in total. The minimum Gasteiger partial charge on any atom is -0.490 e. The summed E-state index contributed by atoms with van der Waals surface area (Å²) in [5.41, 5.74) is 1.91. The zero-order chi connectivity index (χ0) is 21.0. The monoisotopic (exact) mass is 393 g/mol. The van der Waals surface area contributed by atoms with E-state index in [0.717, 1.165) is 12.0 Å². The molecule has 29 heavy (non-hydrogen) atoms. The Morgan fingerprint density at radius 1 is 1.07 bits per heavy atom. The van der Waals surface area contributed by atoms with Gasteiger partial charge >= 0.3 is 5.63 Å². The van der Waals surface area contributed by atoms with Gasteiger partial charge in [0.1, 0.15) is 5.56 Å². The van der Waals surface area contributed by atoms with Gasteiger partial charge in [0.05, 0.1) is 12.6 Å². The third-order valence-electron chi connectivity index (χ3n) is 5.23. The third kappa shape index (κ3) is 4.50. The summed E-state index contributed by atoms with van der Waals surface area (Å²) in [6.07, 6.45) is 1.08. The number of rotatable bonds is 7. The predicted molar refractivity (Wildman–Crippen MR) is 115 cm³/mol. The van der Waals surface area contributed by atoms with Crippen molar-refractivity contribution in [2.24, 2.45) is 0 Å². The second-order valence-electron chi connectivity index (χ2n) is 7.23. The van der Waals surface area contributed by atoms with Gasteiger partial charge in [-0.05, 0) is 49.4 Å². The van der Waals surface area contributed by atoms with Gasteiger partial charge in [-0.2, -0.15) is 0 Å². The molecule has 3 rings (SSSR count). The Morgan fingerprint density at radius 2 is 1.76 bits per heavy atom. The first-order valence-corrected chi connectivity index (χ1v) is 10.0. The highest BCUT2D eigenvalue weighted by Gasteiger charge is 2.18. The Kier molecular flexibility index (Phi) is 6.37. The lowest BCUT2D eigenvalue weighted by Gasteiger charge is -2.16. The topological polar surface area (TPSA) is 68.5 Å². The highest BCUT2D eigenvalue weighted by Crippen LogP contribution is 2.25. The first kappa shape index (κ1) is 20.6. The summed E-state index contributed by atoms with van der Waals surface area (Å²) in [4.78, 5) is 25.1. The zero-order valence-corrected chi connectivity index (χ0v) is 17.3. The van der Waals surface area contributed by atoms with E-state index in [0.29, 0.717) is 29.2 Å². The van der Waals surface area contributed by atoms with Gasteiger partial charge in [-0.15, -0.1) is 0 Å². The van der Waals surface area contributed by atoms with Crippen molar-refractivity contribution in [2.75, 3.05) is 6.61 Å². The molecule has 0 saturated heterocycles. The number of hydrogen-bond acceptors (Lipinski definition) is 4. The largest absolute Gasteiger partial charge is 0.490 e. The molecule has 1 amide bonds. The quantitative estimate of drug-likeness (QED) is 0.561. The summed E-state index contributed by atoms with van der Waals surface area (Å²) in [6, 6.07) is 14.9. The van der Waals surface area contributed by atoms with Gasteiger partial charge in [-0.25, -0.2) is 4.79 Å². The van der Waals surface area contributed by atoms with E-state index in [-0.39, 0.29) is 11.6 Å². The second kappa shape index (κ2) is 8.95. The summed E-state index contributed by atoms with van der Waals surface area (Å²) < 4.78 is 10.9. The fourth-order valence-corrected chi connectivity index (χ4v) is 3.25. The summed E-state index contributed by atoms with van der Waals surface area (Å²) in [7, 11) is 0. The molecule has 0 fully saturated rings. The Morgan fingerprint density at radius 3 is 2.41 bits per heavy atom. The van der Waals surface area contributed by atoms with Crippen molar-refractivity contribution in [1.82, 2.24) is 5.32 Å². The molecular weight excluding hydrogens is 366 g/mol. The van der Waals surface area contributed by atoms with E-state index in [1.807, 2.05) is 26.0 Å². The normalized spacial score (nSPS) is 13.1. The van der Waals surface area contributed by atoms with Crippen LogP contribution in [0.5, 0.6) is 5.75 Å². The van der Waals surface area contributed by atoms with Crippen molar-refractivity contribution in [1.29, 1.82) is 0 Å². The number of ether oxygens (including phenoxy) is 1. The van der Waals surface area contributed by atoms with Crippen LogP contribution in [0.4, 0.5) is 0 Å². The van der Waals surface area contributed by atoms with Crippen molar-refractivity contribution in [3.8, 4) is 5.75 Å². The van der Waals surface area contributed by atoms with Crippen LogP contribution in [0.2, 0.25) is 0 Å². The summed E-state index contributed by atoms with van der Waals surface area (Å²) in [5.74, 6) is 0.530. The van der Waals surface area contributed by atoms with Crippen molar-refractivity contribution in [3.05, 3.63) is 75.6 Å². The van der Waals surface area contributed by atoms with E-state index in [4.69, 9.17) is 9.15 Å². The lowest BCUT2D eigenvalue weighted by Crippen LogP contribution is -2.30. The highest BCUT2D eigenvalue weighted by molar-refractivity contribution is 5.97. The lowest BCUT2D eigenvalue weighted by atomic mass is 9.96. The minimum atomic E-state index is -0.679. The average Bonchev–Trinajstić information content (AvgIpc) is 2.73. The first-order chi connectivity index (χ1) is 13.9. The number of para-hydroxylation sites is 1. The molecule has 2 atom stereocenters. The molecule has 0 saturated carbocycles. The van der Waals surface area contributed by atoms with Gasteiger partial charge in [0, 0.05) is 5.39 Å². The van der Waals surface area contributed by atoms with Crippen LogP contribution in [-0.4, -0.2) is 12.5 Å². The van der Waals surface area contributed by atoms with E-state index < -0.39 is 11.5 Å². The number of fused-ring (bicyclic) bond motifs is 1. The maximum absolute atomic E-state index is 12.7. The van der Waals surface area contributed by atoms with Crippen molar-refractivity contribution in [2.45, 2.75) is 46.1 Å². The SMILES string of the molecule is CCOc1cccc2cc(C(=O)NC(C)c3ccc(C(C)CC)cc3)c(=O)oc12. The standard InChI is InChI=1S/C24H27NO4/c1-5-15(3)17-10-12-18(13-11-17)16(4)25-23(26)20-14-19-8-7-9-21(28-6-2)22(19)29-24(20)27/h7-16H,5-6H2,1-4H3,(H,25,26). The Labute approximate surface area is 170 Å². The molecule has 0 aliphatic rings. The smallest absolute Gasteiger partial charge is 0.349 e. The molecule has 152 valence electrons. The van der Waals surface area contributed by atoms with Crippen LogP contribution in [0.15, 0.2) is 57.7 Å². The van der Waals surface area contributed by atoms with E-state index in [9.17, 15) is 9.59 Å². The number of nitrogens with one attached hydrogen (secondary N) is 1. The fraction of sp³-hybridized carbons (Fsp3) is 0.333. The molecule has 0 aliphatic carbocycles. The van der Waals surface area contributed by atoms with E-state index in [1.165, 1.54) is 5.56 Å². The minimum absolute atomic E-state index is 0.0192. The van der Waals surface area contributed by atoms with E-state index in [2.05, 4.69) is 31.3 Å². The van der Waals surface area contributed by atoms with Crippen molar-refractivity contribution >= 4 is 16.9 Å². The molecule has 0 radical (unpaired) electrons. The molecule has 0 spiro atoms. The van der Waals surface area contributed by atoms with Crippen LogP contribution in [0.25, 0.3) is 11.0 Å². The van der Waals surface area contributed by atoms with Crippen LogP contribution in [0.3, 0.4) is 0 Å². The fourth-order valence-electron chi connectivity index (χ4n) is 3.25. The molecule has 1 aromatic heterocycles. The van der Waals surface area contributed by atoms with Crippen LogP contribution in [-0.2, 0) is 0 Å². The maximum Gasteiger partial charge on any atom is 0.349 e. The molecule has 3 aromatic rings. The van der Waals surface area contributed by atoms with Gasteiger partial charge in [0.2, 0.25) is 0 Å². The predicted octanol–water partition coefficient (Wildman–Crippen LogP) is 5.20. The molecular formula is C24H27NO4. The number of benzene rings is 2. The van der Waals surface area contributed by atoms with Crippen molar-refractivity contribution < 1.29 is 13.9 Å². The summed E-state index contributed by atoms with van der Waals surface area (Å²) in [6.45, 7) is 8.56. The first-order valence-electron chi connectivity index (χ1n) is 10.0. The van der Waals surface area contributed by atoms with Gasteiger partial charge in [0.15, 0.2) is 11.3 Å². The third-order valence-corrected chi connectivity index (χ3v) is 5.23. The number of carbonyl (C=O) groups is 1. The van der Waals surface area contributed by atoms with E-state index >= 15 is 0 Å². The maximum atomic E-state index is 12.7. The molecule has 0 bridgehead atoms. The number of amides is 1. The zero-order valence-electron chi connectivity index (χ0n) is 17.3. The lowest BCUT2D eigenvalue weighted by molar-refractivity contribution is 0.0936. The highest BCUT2D eigenvalue weighted by atomic mass is 16.5. The van der Waals surface area contributed by atoms with Gasteiger partial charge < -0.3 is 14.5 Å². The molecule has 1 heterocycles.